The molecule has 1 saturated heterocycles. The zero-order chi connectivity index (χ0) is 21.4. The van der Waals surface area contributed by atoms with Crippen molar-refractivity contribution in [2.75, 3.05) is 13.1 Å². The smallest absolute Gasteiger partial charge is 0.406 e. The van der Waals surface area contributed by atoms with Crippen molar-refractivity contribution in [2.45, 2.75) is 23.6 Å². The number of alkyl halides is 3. The van der Waals surface area contributed by atoms with E-state index in [0.717, 1.165) is 29.8 Å². The van der Waals surface area contributed by atoms with Crippen molar-refractivity contribution in [3.05, 3.63) is 71.9 Å². The van der Waals surface area contributed by atoms with Crippen LogP contribution in [0, 0.1) is 0 Å². The van der Waals surface area contributed by atoms with Crippen molar-refractivity contribution >= 4 is 10.0 Å². The summed E-state index contributed by atoms with van der Waals surface area (Å²) in [6.45, 7) is 0.298. The van der Waals surface area contributed by atoms with Gasteiger partial charge in [-0.2, -0.15) is 9.29 Å². The molecule has 0 bridgehead atoms. The Morgan fingerprint density at radius 3 is 2.37 bits per heavy atom. The van der Waals surface area contributed by atoms with Crippen LogP contribution in [0.15, 0.2) is 64.0 Å². The molecule has 7 nitrogen and oxygen atoms in total. The molecule has 1 aliphatic rings. The van der Waals surface area contributed by atoms with Crippen molar-refractivity contribution in [1.82, 2.24) is 14.4 Å². The summed E-state index contributed by atoms with van der Waals surface area (Å²) in [5, 5.41) is 3.94. The van der Waals surface area contributed by atoms with Crippen molar-refractivity contribution in [3.8, 4) is 5.75 Å². The molecule has 0 unspecified atom stereocenters. The Morgan fingerprint density at radius 2 is 1.73 bits per heavy atom. The largest absolute Gasteiger partial charge is 0.573 e. The maximum absolute atomic E-state index is 12.6. The Bertz CT molecular complexity index is 1110. The first-order valence-corrected chi connectivity index (χ1v) is 10.4. The fourth-order valence-corrected chi connectivity index (χ4v) is 4.57. The molecular weight excluding hydrogens is 423 g/mol. The Morgan fingerprint density at radius 1 is 1.07 bits per heavy atom. The Balaban J connectivity index is 1.38. The van der Waals surface area contributed by atoms with E-state index < -0.39 is 22.1 Å². The van der Waals surface area contributed by atoms with Crippen molar-refractivity contribution < 1.29 is 30.8 Å². The van der Waals surface area contributed by atoms with Gasteiger partial charge in [-0.3, -0.25) is 0 Å². The zero-order valence-electron chi connectivity index (χ0n) is 15.4. The van der Waals surface area contributed by atoms with Crippen molar-refractivity contribution in [2.24, 2.45) is 0 Å². The molecule has 2 heterocycles. The number of halogens is 3. The van der Waals surface area contributed by atoms with Gasteiger partial charge in [-0.1, -0.05) is 35.5 Å². The molecule has 0 spiro atoms. The van der Waals surface area contributed by atoms with Gasteiger partial charge in [0, 0.05) is 19.5 Å². The molecule has 3 aromatic rings. The lowest BCUT2D eigenvalue weighted by Crippen LogP contribution is -2.48. The summed E-state index contributed by atoms with van der Waals surface area (Å²) in [5.74, 6) is 0.156. The van der Waals surface area contributed by atoms with Crippen LogP contribution < -0.4 is 4.74 Å². The van der Waals surface area contributed by atoms with Crippen LogP contribution in [0.1, 0.15) is 23.2 Å². The highest BCUT2D eigenvalue weighted by molar-refractivity contribution is 7.89. The van der Waals surface area contributed by atoms with Crippen LogP contribution >= 0.6 is 0 Å². The monoisotopic (exact) mass is 439 g/mol. The summed E-state index contributed by atoms with van der Waals surface area (Å²) in [6, 6.07) is 13.7. The third kappa shape index (κ3) is 4.46. The van der Waals surface area contributed by atoms with E-state index in [0.29, 0.717) is 18.1 Å². The van der Waals surface area contributed by atoms with Crippen LogP contribution in [0.25, 0.3) is 0 Å². The number of nitrogens with zero attached hydrogens (tertiary/aromatic N) is 3. The summed E-state index contributed by atoms with van der Waals surface area (Å²) < 4.78 is 72.2. The SMILES string of the molecule is O=S(=O)(c1ccc(OC(F)(F)F)cc1)N1CC(c2nc(Cc3ccccc3)no2)C1. The van der Waals surface area contributed by atoms with Gasteiger partial charge in [0.1, 0.15) is 5.75 Å². The molecule has 11 heteroatoms. The first-order chi connectivity index (χ1) is 14.2. The first kappa shape index (κ1) is 20.4. The second-order valence-corrected chi connectivity index (χ2v) is 8.69. The number of ether oxygens (including phenoxy) is 1. The van der Waals surface area contributed by atoms with Crippen LogP contribution in [0.3, 0.4) is 0 Å². The van der Waals surface area contributed by atoms with E-state index in [-0.39, 0.29) is 23.9 Å². The highest BCUT2D eigenvalue weighted by Gasteiger charge is 2.40. The maximum Gasteiger partial charge on any atom is 0.573 e. The first-order valence-electron chi connectivity index (χ1n) is 8.93. The van der Waals surface area contributed by atoms with Crippen LogP contribution in [0.5, 0.6) is 5.75 Å². The lowest BCUT2D eigenvalue weighted by atomic mass is 10.0. The van der Waals surface area contributed by atoms with Gasteiger partial charge in [0.15, 0.2) is 5.82 Å². The highest BCUT2D eigenvalue weighted by Crippen LogP contribution is 2.32. The summed E-state index contributed by atoms with van der Waals surface area (Å²) in [4.78, 5) is 4.22. The molecule has 30 heavy (non-hydrogen) atoms. The Hall–Kier alpha value is -2.92. The van der Waals surface area contributed by atoms with Gasteiger partial charge in [0.25, 0.3) is 0 Å². The molecule has 2 aromatic carbocycles. The van der Waals surface area contributed by atoms with Crippen LogP contribution in [0.4, 0.5) is 13.2 Å². The number of aromatic nitrogens is 2. The molecule has 0 atom stereocenters. The van der Waals surface area contributed by atoms with Crippen molar-refractivity contribution in [3.63, 3.8) is 0 Å². The second kappa shape index (κ2) is 7.73. The highest BCUT2D eigenvalue weighted by atomic mass is 32.2. The topological polar surface area (TPSA) is 85.5 Å². The van der Waals surface area contributed by atoms with Gasteiger partial charge in [0.05, 0.1) is 10.8 Å². The quantitative estimate of drug-likeness (QED) is 0.586. The summed E-state index contributed by atoms with van der Waals surface area (Å²) in [6.07, 6.45) is -4.33. The molecule has 4 rings (SSSR count). The van der Waals surface area contributed by atoms with E-state index in [1.807, 2.05) is 30.3 Å². The number of hydrogen-bond acceptors (Lipinski definition) is 6. The molecule has 1 fully saturated rings. The van der Waals surface area contributed by atoms with Gasteiger partial charge in [-0.25, -0.2) is 8.42 Å². The molecule has 0 N–H and O–H groups in total. The molecular formula is C19H16F3N3O4S. The predicted molar refractivity (Wildman–Crippen MR) is 98.2 cm³/mol. The minimum Gasteiger partial charge on any atom is -0.406 e. The maximum atomic E-state index is 12.6. The number of rotatable bonds is 6. The van der Waals surface area contributed by atoms with Gasteiger partial charge < -0.3 is 9.26 Å². The van der Waals surface area contributed by atoms with E-state index in [4.69, 9.17) is 4.52 Å². The molecule has 1 aliphatic heterocycles. The fraction of sp³-hybridized carbons (Fsp3) is 0.263. The van der Waals surface area contributed by atoms with E-state index in [9.17, 15) is 21.6 Å². The average Bonchev–Trinajstić information content (AvgIpc) is 3.08. The summed E-state index contributed by atoms with van der Waals surface area (Å²) in [7, 11) is -3.84. The fourth-order valence-electron chi connectivity index (χ4n) is 3.04. The molecule has 1 aromatic heterocycles. The lowest BCUT2D eigenvalue weighted by molar-refractivity contribution is -0.274. The summed E-state index contributed by atoms with van der Waals surface area (Å²) in [5.41, 5.74) is 1.03. The zero-order valence-corrected chi connectivity index (χ0v) is 16.2. The van der Waals surface area contributed by atoms with Crippen LogP contribution in [-0.2, 0) is 16.4 Å². The standard InChI is InChI=1S/C19H16F3N3O4S/c20-19(21,22)28-15-6-8-16(9-7-15)30(26,27)25-11-14(12-25)18-23-17(24-29-18)10-13-4-2-1-3-5-13/h1-9,14H,10-12H2. The number of sulfonamides is 1. The molecule has 0 aliphatic carbocycles. The Kier molecular flexibility index (Phi) is 5.24. The van der Waals surface area contributed by atoms with Gasteiger partial charge >= 0.3 is 6.36 Å². The van der Waals surface area contributed by atoms with Gasteiger partial charge in [0.2, 0.25) is 15.9 Å². The van der Waals surface area contributed by atoms with E-state index in [1.165, 1.54) is 4.31 Å². The number of benzene rings is 2. The minimum absolute atomic E-state index is 0.120. The van der Waals surface area contributed by atoms with Crippen molar-refractivity contribution in [1.29, 1.82) is 0 Å². The lowest BCUT2D eigenvalue weighted by Gasteiger charge is -2.35. The molecule has 0 amide bonds. The van der Waals surface area contributed by atoms with Gasteiger partial charge in [-0.15, -0.1) is 13.2 Å². The van der Waals surface area contributed by atoms with E-state index in [1.54, 1.807) is 0 Å². The number of hydrogen-bond donors (Lipinski definition) is 0. The summed E-state index contributed by atoms with van der Waals surface area (Å²) >= 11 is 0. The minimum atomic E-state index is -4.84. The van der Waals surface area contributed by atoms with Gasteiger partial charge in [-0.05, 0) is 29.8 Å². The average molecular weight is 439 g/mol. The third-order valence-electron chi connectivity index (χ3n) is 4.58. The predicted octanol–water partition coefficient (Wildman–Crippen LogP) is 3.35. The van der Waals surface area contributed by atoms with E-state index >= 15 is 0 Å². The third-order valence-corrected chi connectivity index (χ3v) is 6.43. The molecule has 0 radical (unpaired) electrons. The van der Waals surface area contributed by atoms with E-state index in [2.05, 4.69) is 14.9 Å². The molecule has 158 valence electrons. The second-order valence-electron chi connectivity index (χ2n) is 6.75. The molecule has 0 saturated carbocycles. The normalized spacial score (nSPS) is 15.7. The Labute approximate surface area is 170 Å². The van der Waals surface area contributed by atoms with Crippen LogP contribution in [-0.4, -0.2) is 42.3 Å². The van der Waals surface area contributed by atoms with Crippen LogP contribution in [0.2, 0.25) is 0 Å².